The van der Waals surface area contributed by atoms with E-state index in [2.05, 4.69) is 67.8 Å². The van der Waals surface area contributed by atoms with Crippen LogP contribution in [-0.4, -0.2) is 45.7 Å². The van der Waals surface area contributed by atoms with Crippen LogP contribution in [0.2, 0.25) is 0 Å². The van der Waals surface area contributed by atoms with Crippen LogP contribution in [0.25, 0.3) is 16.8 Å². The van der Waals surface area contributed by atoms with Crippen LogP contribution in [-0.2, 0) is 19.4 Å². The second-order valence-electron chi connectivity index (χ2n) is 7.90. The third-order valence-electron chi connectivity index (χ3n) is 5.17. The van der Waals surface area contributed by atoms with E-state index in [9.17, 15) is 0 Å². The van der Waals surface area contributed by atoms with Gasteiger partial charge in [-0.25, -0.2) is 0 Å². The van der Waals surface area contributed by atoms with Crippen LogP contribution in [0.1, 0.15) is 22.5 Å². The normalized spacial score (nSPS) is 11.4. The summed E-state index contributed by atoms with van der Waals surface area (Å²) >= 11 is 0. The van der Waals surface area contributed by atoms with Crippen molar-refractivity contribution in [3.05, 3.63) is 77.5 Å². The first-order valence-electron chi connectivity index (χ1n) is 10.1. The van der Waals surface area contributed by atoms with E-state index < -0.39 is 0 Å². The number of pyridine rings is 2. The number of hydrogen-bond donors (Lipinski definition) is 0. The van der Waals surface area contributed by atoms with Gasteiger partial charge in [-0.05, 0) is 75.3 Å². The Bertz CT molecular complexity index is 1150. The molecule has 0 saturated carbocycles. The molecule has 0 amide bonds. The first-order valence-corrected chi connectivity index (χ1v) is 10.1. The quantitative estimate of drug-likeness (QED) is 0.469. The van der Waals surface area contributed by atoms with Gasteiger partial charge in [0.2, 0.25) is 0 Å². The highest BCUT2D eigenvalue weighted by Crippen LogP contribution is 2.25. The Morgan fingerprint density at radius 3 is 2.63 bits per heavy atom. The summed E-state index contributed by atoms with van der Waals surface area (Å²) in [5.41, 5.74) is 7.64. The minimum atomic E-state index is 0.823. The number of nitrogens with zero attached hydrogens (tertiary/aromatic N) is 5. The molecule has 1 aromatic carbocycles. The van der Waals surface area contributed by atoms with Gasteiger partial charge in [0, 0.05) is 29.6 Å². The molecule has 0 radical (unpaired) electrons. The zero-order valence-electron chi connectivity index (χ0n) is 18.0. The van der Waals surface area contributed by atoms with Crippen LogP contribution in [0.15, 0.2) is 55.0 Å². The van der Waals surface area contributed by atoms with E-state index in [0.29, 0.717) is 0 Å². The molecule has 4 aromatic rings. The van der Waals surface area contributed by atoms with Crippen LogP contribution < -0.4 is 4.74 Å². The fraction of sp³-hybridized carbons (Fsp3) is 0.292. The van der Waals surface area contributed by atoms with Crippen molar-refractivity contribution in [3.8, 4) is 16.9 Å². The van der Waals surface area contributed by atoms with Gasteiger partial charge >= 0.3 is 0 Å². The molecule has 0 bridgehead atoms. The number of fused-ring (bicyclic) bond motifs is 1. The monoisotopic (exact) mass is 401 g/mol. The van der Waals surface area contributed by atoms with Gasteiger partial charge in [-0.15, -0.1) is 10.2 Å². The molecule has 0 N–H and O–H groups in total. The SMILES string of the molecule is COc1cc(C)cc(CCc2ccc(-c3ccc(CN(C)C)nc3)c3nncn23)c1. The molecule has 6 nitrogen and oxygen atoms in total. The maximum absolute atomic E-state index is 5.41. The first-order chi connectivity index (χ1) is 14.5. The molecular formula is C24H27N5O. The number of hydrogen-bond acceptors (Lipinski definition) is 5. The van der Waals surface area contributed by atoms with Gasteiger partial charge in [-0.2, -0.15) is 0 Å². The summed E-state index contributed by atoms with van der Waals surface area (Å²) in [7, 11) is 5.79. The minimum absolute atomic E-state index is 0.823. The molecule has 3 aromatic heterocycles. The highest BCUT2D eigenvalue weighted by molar-refractivity contribution is 5.77. The van der Waals surface area contributed by atoms with E-state index in [4.69, 9.17) is 4.74 Å². The molecule has 0 saturated heterocycles. The Morgan fingerprint density at radius 2 is 1.90 bits per heavy atom. The molecule has 0 atom stereocenters. The number of aryl methyl sites for hydroxylation is 3. The van der Waals surface area contributed by atoms with Crippen molar-refractivity contribution < 1.29 is 4.74 Å². The first kappa shape index (κ1) is 20.0. The third-order valence-corrected chi connectivity index (χ3v) is 5.17. The van der Waals surface area contributed by atoms with Crippen LogP contribution in [0.5, 0.6) is 5.75 Å². The number of ether oxygens (including phenoxy) is 1. The largest absolute Gasteiger partial charge is 0.497 e. The van der Waals surface area contributed by atoms with Gasteiger partial charge in [-0.3, -0.25) is 9.38 Å². The summed E-state index contributed by atoms with van der Waals surface area (Å²) in [6.45, 7) is 2.92. The highest BCUT2D eigenvalue weighted by Gasteiger charge is 2.11. The van der Waals surface area contributed by atoms with Crippen molar-refractivity contribution in [2.45, 2.75) is 26.3 Å². The Hall–Kier alpha value is -3.25. The van der Waals surface area contributed by atoms with E-state index in [1.54, 1.807) is 13.4 Å². The van der Waals surface area contributed by atoms with E-state index >= 15 is 0 Å². The Morgan fingerprint density at radius 1 is 1.03 bits per heavy atom. The molecule has 0 aliphatic rings. The fourth-order valence-corrected chi connectivity index (χ4v) is 3.75. The van der Waals surface area contributed by atoms with Gasteiger partial charge in [-0.1, -0.05) is 12.1 Å². The molecule has 4 rings (SSSR count). The molecule has 0 unspecified atom stereocenters. The summed E-state index contributed by atoms with van der Waals surface area (Å²) in [5.74, 6) is 0.903. The van der Waals surface area contributed by atoms with Crippen LogP contribution >= 0.6 is 0 Å². The molecular weight excluding hydrogens is 374 g/mol. The number of methoxy groups -OCH3 is 1. The lowest BCUT2D eigenvalue weighted by Crippen LogP contribution is -2.11. The molecule has 154 valence electrons. The van der Waals surface area contributed by atoms with Gasteiger partial charge in [0.25, 0.3) is 0 Å². The molecule has 6 heteroatoms. The lowest BCUT2D eigenvalue weighted by Gasteiger charge is -2.11. The lowest BCUT2D eigenvalue weighted by molar-refractivity contribution is 0.397. The summed E-state index contributed by atoms with van der Waals surface area (Å²) in [4.78, 5) is 6.71. The lowest BCUT2D eigenvalue weighted by atomic mass is 10.0. The van der Waals surface area contributed by atoms with Crippen molar-refractivity contribution in [3.63, 3.8) is 0 Å². The van der Waals surface area contributed by atoms with E-state index in [-0.39, 0.29) is 0 Å². The summed E-state index contributed by atoms with van der Waals surface area (Å²) in [6, 6.07) is 14.8. The summed E-state index contributed by atoms with van der Waals surface area (Å²) < 4.78 is 7.49. The number of rotatable bonds is 7. The maximum Gasteiger partial charge on any atom is 0.168 e. The Labute approximate surface area is 177 Å². The van der Waals surface area contributed by atoms with E-state index in [0.717, 1.165) is 47.6 Å². The van der Waals surface area contributed by atoms with E-state index in [1.165, 1.54) is 16.8 Å². The van der Waals surface area contributed by atoms with Gasteiger partial charge in [0.15, 0.2) is 5.65 Å². The molecule has 0 aliphatic carbocycles. The minimum Gasteiger partial charge on any atom is -0.497 e. The van der Waals surface area contributed by atoms with Crippen molar-refractivity contribution in [2.24, 2.45) is 0 Å². The molecule has 0 spiro atoms. The molecule has 0 fully saturated rings. The summed E-state index contributed by atoms with van der Waals surface area (Å²) in [5, 5.41) is 8.55. The number of aromatic nitrogens is 4. The summed E-state index contributed by atoms with van der Waals surface area (Å²) in [6.07, 6.45) is 5.52. The molecule has 0 aliphatic heterocycles. The predicted molar refractivity (Wildman–Crippen MR) is 119 cm³/mol. The van der Waals surface area contributed by atoms with Gasteiger partial charge < -0.3 is 9.64 Å². The van der Waals surface area contributed by atoms with Crippen molar-refractivity contribution in [1.29, 1.82) is 0 Å². The number of benzene rings is 1. The fourth-order valence-electron chi connectivity index (χ4n) is 3.75. The van der Waals surface area contributed by atoms with Crippen molar-refractivity contribution in [1.82, 2.24) is 24.5 Å². The van der Waals surface area contributed by atoms with Crippen molar-refractivity contribution in [2.75, 3.05) is 21.2 Å². The van der Waals surface area contributed by atoms with Crippen LogP contribution in [0.3, 0.4) is 0 Å². The molecule has 3 heterocycles. The second kappa shape index (κ2) is 8.63. The zero-order chi connectivity index (χ0) is 21.1. The molecule has 30 heavy (non-hydrogen) atoms. The smallest absolute Gasteiger partial charge is 0.168 e. The average Bonchev–Trinajstić information content (AvgIpc) is 3.22. The van der Waals surface area contributed by atoms with Crippen LogP contribution in [0, 0.1) is 6.92 Å². The second-order valence-corrected chi connectivity index (χ2v) is 7.90. The Balaban J connectivity index is 1.59. The Kier molecular flexibility index (Phi) is 5.77. The van der Waals surface area contributed by atoms with Crippen molar-refractivity contribution >= 4 is 5.65 Å². The average molecular weight is 402 g/mol. The topological polar surface area (TPSA) is 55.5 Å². The third kappa shape index (κ3) is 4.33. The van der Waals surface area contributed by atoms with Gasteiger partial charge in [0.1, 0.15) is 12.1 Å². The standard InChI is InChI=1S/C24H27N5O/c1-17-11-18(13-22(12-17)30-4)5-8-21-9-10-23(24-27-26-16-29(21)24)19-6-7-20(25-14-19)15-28(2)3/h6-7,9-14,16H,5,8,15H2,1-4H3. The zero-order valence-corrected chi connectivity index (χ0v) is 18.0. The highest BCUT2D eigenvalue weighted by atomic mass is 16.5. The van der Waals surface area contributed by atoms with Gasteiger partial charge in [0.05, 0.1) is 12.8 Å². The predicted octanol–water partition coefficient (Wildman–Crippen LogP) is 3.96. The van der Waals surface area contributed by atoms with Crippen LogP contribution in [0.4, 0.5) is 0 Å². The maximum atomic E-state index is 5.41. The van der Waals surface area contributed by atoms with E-state index in [1.807, 2.05) is 26.4 Å².